The molecule has 2 aliphatic rings. The van der Waals surface area contributed by atoms with E-state index in [9.17, 15) is 19.8 Å². The van der Waals surface area contributed by atoms with E-state index in [1.165, 1.54) is 0 Å². The van der Waals surface area contributed by atoms with E-state index in [0.717, 1.165) is 22.3 Å². The van der Waals surface area contributed by atoms with Gasteiger partial charge >= 0.3 is 6.09 Å². The van der Waals surface area contributed by atoms with Crippen LogP contribution in [0.5, 0.6) is 0 Å². The monoisotopic (exact) mass is 558 g/mol. The summed E-state index contributed by atoms with van der Waals surface area (Å²) in [5.74, 6) is -0.857. The van der Waals surface area contributed by atoms with Gasteiger partial charge in [-0.05, 0) is 41.5 Å². The first-order valence-electron chi connectivity index (χ1n) is 14.3. The molecule has 8 nitrogen and oxygen atoms in total. The Labute approximate surface area is 240 Å². The summed E-state index contributed by atoms with van der Waals surface area (Å²) >= 11 is 0. The molecule has 41 heavy (non-hydrogen) atoms. The molecule has 0 radical (unpaired) electrons. The molecule has 1 heterocycles. The lowest BCUT2D eigenvalue weighted by atomic mass is 9.88. The van der Waals surface area contributed by atoms with Gasteiger partial charge in [-0.3, -0.25) is 4.79 Å². The zero-order valence-electron chi connectivity index (χ0n) is 23.0. The number of benzene rings is 3. The third-order valence-electron chi connectivity index (χ3n) is 7.95. The number of alkyl carbamates (subject to hydrolysis) is 1. The highest BCUT2D eigenvalue weighted by Crippen LogP contribution is 2.32. The minimum Gasteiger partial charge on any atom is -0.444 e. The zero-order valence-corrected chi connectivity index (χ0v) is 23.0. The molecule has 1 saturated heterocycles. The first kappa shape index (κ1) is 28.8. The quantitative estimate of drug-likeness (QED) is 0.286. The number of hydrogen-bond acceptors (Lipinski definition) is 6. The molecular weight excluding hydrogens is 520 g/mol. The summed E-state index contributed by atoms with van der Waals surface area (Å²) in [6.45, 7) is 0.902. The predicted octanol–water partition coefficient (Wildman–Crippen LogP) is 3.50. The number of carbonyl (C=O) groups is 2. The number of nitrogens with one attached hydrogen (secondary N) is 2. The Bertz CT molecular complexity index is 1280. The van der Waals surface area contributed by atoms with Crippen LogP contribution >= 0.6 is 0 Å². The van der Waals surface area contributed by atoms with E-state index in [4.69, 9.17) is 9.47 Å². The van der Waals surface area contributed by atoms with E-state index < -0.39 is 36.3 Å². The molecular formula is C33H38N2O6. The summed E-state index contributed by atoms with van der Waals surface area (Å²) in [6, 6.07) is 25.8. The average molecular weight is 559 g/mol. The molecule has 0 spiro atoms. The van der Waals surface area contributed by atoms with Crippen molar-refractivity contribution in [2.45, 2.75) is 62.5 Å². The Hall–Kier alpha value is -3.72. The maximum Gasteiger partial charge on any atom is 0.407 e. The Kier molecular flexibility index (Phi) is 9.67. The van der Waals surface area contributed by atoms with Crippen LogP contribution in [0.1, 0.15) is 41.1 Å². The minimum absolute atomic E-state index is 0.107. The lowest BCUT2D eigenvalue weighted by Crippen LogP contribution is -2.48. The Morgan fingerprint density at radius 3 is 2.27 bits per heavy atom. The molecule has 6 atom stereocenters. The van der Waals surface area contributed by atoms with Gasteiger partial charge in [-0.2, -0.15) is 0 Å². The topological polar surface area (TPSA) is 117 Å². The van der Waals surface area contributed by atoms with Gasteiger partial charge < -0.3 is 30.3 Å². The van der Waals surface area contributed by atoms with Crippen LogP contribution < -0.4 is 10.6 Å². The number of aliphatic hydroxyl groups is 2. The van der Waals surface area contributed by atoms with Gasteiger partial charge in [0.2, 0.25) is 5.91 Å². The van der Waals surface area contributed by atoms with Crippen LogP contribution in [-0.2, 0) is 33.5 Å². The van der Waals surface area contributed by atoms with Crippen LogP contribution in [0.3, 0.4) is 0 Å². The second-order valence-corrected chi connectivity index (χ2v) is 11.0. The summed E-state index contributed by atoms with van der Waals surface area (Å²) in [5.41, 5.74) is 3.83. The molecule has 2 amide bonds. The van der Waals surface area contributed by atoms with Gasteiger partial charge in [-0.25, -0.2) is 4.79 Å². The Morgan fingerprint density at radius 2 is 1.59 bits per heavy atom. The van der Waals surface area contributed by atoms with Crippen LogP contribution in [-0.4, -0.2) is 59.8 Å². The van der Waals surface area contributed by atoms with Crippen molar-refractivity contribution in [3.63, 3.8) is 0 Å². The van der Waals surface area contributed by atoms with Gasteiger partial charge in [0.05, 0.1) is 37.5 Å². The van der Waals surface area contributed by atoms with Gasteiger partial charge in [0.15, 0.2) is 0 Å². The molecule has 1 aliphatic heterocycles. The number of hydrogen-bond donors (Lipinski definition) is 4. The van der Waals surface area contributed by atoms with Crippen molar-refractivity contribution in [1.82, 2.24) is 10.6 Å². The van der Waals surface area contributed by atoms with E-state index in [1.54, 1.807) is 0 Å². The van der Waals surface area contributed by atoms with Crippen molar-refractivity contribution in [3.8, 4) is 0 Å². The lowest BCUT2D eigenvalue weighted by molar-refractivity contribution is -0.127. The van der Waals surface area contributed by atoms with Crippen LogP contribution in [0.25, 0.3) is 0 Å². The molecule has 1 unspecified atom stereocenters. The first-order chi connectivity index (χ1) is 20.0. The molecule has 1 aliphatic carbocycles. The standard InChI is InChI=1S/C33H38N2O6/c36-29(28(18-23-11-5-2-6-12-23)34-33(39)41-26-15-16-40-21-26)20-25(17-22-9-3-1-4-10-22)32(38)35-31-27-14-8-7-13-24(27)19-30(31)37/h1-14,25-26,28-31,36-37H,15-21H2,(H,34,39)(H,35,38)/t25-,26-,28-,29-,30+,31?/m0/s1. The normalized spacial score (nSPS) is 21.9. The van der Waals surface area contributed by atoms with Crippen molar-refractivity contribution >= 4 is 12.0 Å². The minimum atomic E-state index is -1.04. The number of aliphatic hydroxyl groups excluding tert-OH is 2. The molecule has 216 valence electrons. The fourth-order valence-corrected chi connectivity index (χ4v) is 5.75. The third kappa shape index (κ3) is 7.73. The molecule has 5 rings (SSSR count). The van der Waals surface area contributed by atoms with Gasteiger partial charge in [0, 0.05) is 18.8 Å². The Morgan fingerprint density at radius 1 is 0.927 bits per heavy atom. The van der Waals surface area contributed by atoms with Crippen LogP contribution in [0, 0.1) is 5.92 Å². The maximum atomic E-state index is 13.8. The van der Waals surface area contributed by atoms with Crippen molar-refractivity contribution in [2.75, 3.05) is 13.2 Å². The number of carbonyl (C=O) groups excluding carboxylic acids is 2. The van der Waals surface area contributed by atoms with Gasteiger partial charge in [-0.1, -0.05) is 84.9 Å². The van der Waals surface area contributed by atoms with E-state index in [1.807, 2.05) is 84.9 Å². The molecule has 4 N–H and O–H groups in total. The van der Waals surface area contributed by atoms with E-state index in [0.29, 0.717) is 38.9 Å². The fraction of sp³-hybridized carbons (Fsp3) is 0.394. The first-order valence-corrected chi connectivity index (χ1v) is 14.3. The zero-order chi connectivity index (χ0) is 28.6. The van der Waals surface area contributed by atoms with Crippen LogP contribution in [0.15, 0.2) is 84.9 Å². The molecule has 0 saturated carbocycles. The fourth-order valence-electron chi connectivity index (χ4n) is 5.75. The van der Waals surface area contributed by atoms with Gasteiger partial charge in [0.25, 0.3) is 0 Å². The SMILES string of the molecule is O=C(N[C@@H](Cc1ccccc1)[C@@H](O)C[C@H](Cc1ccccc1)C(=O)NC1c2ccccc2C[C@H]1O)O[C@H]1CCOC1. The number of amides is 2. The highest BCUT2D eigenvalue weighted by molar-refractivity contribution is 5.80. The summed E-state index contributed by atoms with van der Waals surface area (Å²) < 4.78 is 10.8. The molecule has 0 bridgehead atoms. The maximum absolute atomic E-state index is 13.8. The van der Waals surface area contributed by atoms with E-state index >= 15 is 0 Å². The van der Waals surface area contributed by atoms with Gasteiger partial charge in [-0.15, -0.1) is 0 Å². The van der Waals surface area contributed by atoms with Crippen molar-refractivity contribution < 1.29 is 29.3 Å². The second kappa shape index (κ2) is 13.8. The summed E-state index contributed by atoms with van der Waals surface area (Å²) in [4.78, 5) is 26.6. The molecule has 3 aromatic rings. The summed E-state index contributed by atoms with van der Waals surface area (Å²) in [7, 11) is 0. The molecule has 0 aromatic heterocycles. The van der Waals surface area contributed by atoms with Crippen molar-refractivity contribution in [3.05, 3.63) is 107 Å². The average Bonchev–Trinajstić information content (AvgIpc) is 3.60. The molecule has 8 heteroatoms. The summed E-state index contributed by atoms with van der Waals surface area (Å²) in [5, 5.41) is 28.2. The van der Waals surface area contributed by atoms with Crippen LogP contribution in [0.4, 0.5) is 4.79 Å². The smallest absolute Gasteiger partial charge is 0.407 e. The van der Waals surface area contributed by atoms with E-state index in [-0.39, 0.29) is 18.4 Å². The van der Waals surface area contributed by atoms with E-state index in [2.05, 4.69) is 10.6 Å². The number of rotatable bonds is 11. The van der Waals surface area contributed by atoms with Gasteiger partial charge in [0.1, 0.15) is 6.10 Å². The second-order valence-electron chi connectivity index (χ2n) is 11.0. The molecule has 1 fully saturated rings. The number of ether oxygens (including phenoxy) is 2. The Balaban J connectivity index is 1.33. The van der Waals surface area contributed by atoms with Crippen molar-refractivity contribution in [2.24, 2.45) is 5.92 Å². The molecule has 3 aromatic carbocycles. The van der Waals surface area contributed by atoms with Crippen molar-refractivity contribution in [1.29, 1.82) is 0 Å². The third-order valence-corrected chi connectivity index (χ3v) is 7.95. The predicted molar refractivity (Wildman–Crippen MR) is 154 cm³/mol. The highest BCUT2D eigenvalue weighted by Gasteiger charge is 2.35. The van der Waals surface area contributed by atoms with Crippen LogP contribution in [0.2, 0.25) is 0 Å². The summed E-state index contributed by atoms with van der Waals surface area (Å²) in [6.07, 6.45) is -0.711. The highest BCUT2D eigenvalue weighted by atomic mass is 16.6. The lowest BCUT2D eigenvalue weighted by Gasteiger charge is -2.29. The largest absolute Gasteiger partial charge is 0.444 e. The number of fused-ring (bicyclic) bond motifs is 1.